The van der Waals surface area contributed by atoms with Gasteiger partial charge < -0.3 is 9.84 Å². The van der Waals surface area contributed by atoms with Crippen LogP contribution in [0.1, 0.15) is 16.1 Å². The van der Waals surface area contributed by atoms with Crippen molar-refractivity contribution < 1.29 is 14.6 Å². The smallest absolute Gasteiger partial charge is 0.354 e. The van der Waals surface area contributed by atoms with E-state index in [2.05, 4.69) is 9.97 Å². The molecule has 0 spiro atoms. The molecule has 2 rings (SSSR count). The molecule has 0 atom stereocenters. The number of carbonyl (C=O) groups is 1. The number of aromatic nitrogens is 2. The summed E-state index contributed by atoms with van der Waals surface area (Å²) in [5.74, 6) is -0.117. The number of aryl methyl sites for hydroxylation is 1. The Labute approximate surface area is 104 Å². The van der Waals surface area contributed by atoms with Crippen LogP contribution in [0.5, 0.6) is 5.75 Å². The van der Waals surface area contributed by atoms with E-state index in [1.54, 1.807) is 7.11 Å². The first-order chi connectivity index (χ1) is 8.61. The maximum Gasteiger partial charge on any atom is 0.354 e. The highest BCUT2D eigenvalue weighted by Crippen LogP contribution is 2.28. The minimum absolute atomic E-state index is 0.0392. The molecule has 0 fully saturated rings. The van der Waals surface area contributed by atoms with Crippen molar-refractivity contribution in [2.75, 3.05) is 7.11 Å². The zero-order valence-corrected chi connectivity index (χ0v) is 10.0. The van der Waals surface area contributed by atoms with E-state index in [0.717, 1.165) is 5.56 Å². The SMILES string of the molecule is COc1cc(C)ccc1-c1nccc(C(=O)O)n1. The van der Waals surface area contributed by atoms with Gasteiger partial charge in [0.25, 0.3) is 0 Å². The van der Waals surface area contributed by atoms with Gasteiger partial charge in [-0.15, -0.1) is 0 Å². The van der Waals surface area contributed by atoms with Gasteiger partial charge in [0.05, 0.1) is 12.7 Å². The van der Waals surface area contributed by atoms with Crippen molar-refractivity contribution in [3.05, 3.63) is 41.7 Å². The van der Waals surface area contributed by atoms with Crippen molar-refractivity contribution >= 4 is 5.97 Å². The normalized spacial score (nSPS) is 10.1. The first-order valence-corrected chi connectivity index (χ1v) is 5.33. The number of hydrogen-bond donors (Lipinski definition) is 1. The number of benzene rings is 1. The third kappa shape index (κ3) is 2.29. The fourth-order valence-electron chi connectivity index (χ4n) is 1.59. The maximum atomic E-state index is 10.9. The lowest BCUT2D eigenvalue weighted by Gasteiger charge is -2.08. The van der Waals surface area contributed by atoms with E-state index in [4.69, 9.17) is 9.84 Å². The zero-order valence-electron chi connectivity index (χ0n) is 10.0. The zero-order chi connectivity index (χ0) is 13.1. The largest absolute Gasteiger partial charge is 0.496 e. The third-order valence-electron chi connectivity index (χ3n) is 2.47. The summed E-state index contributed by atoms with van der Waals surface area (Å²) in [5, 5.41) is 8.91. The quantitative estimate of drug-likeness (QED) is 0.895. The van der Waals surface area contributed by atoms with Gasteiger partial charge in [-0.2, -0.15) is 0 Å². The average molecular weight is 244 g/mol. The molecule has 0 aliphatic heterocycles. The van der Waals surface area contributed by atoms with Crippen LogP contribution in [0, 0.1) is 6.92 Å². The first-order valence-electron chi connectivity index (χ1n) is 5.33. The van der Waals surface area contributed by atoms with Crippen LogP contribution < -0.4 is 4.74 Å². The molecule has 2 aromatic rings. The molecule has 1 heterocycles. The number of ether oxygens (including phenoxy) is 1. The number of methoxy groups -OCH3 is 1. The highest BCUT2D eigenvalue weighted by Gasteiger charge is 2.11. The molecule has 18 heavy (non-hydrogen) atoms. The van der Waals surface area contributed by atoms with Crippen LogP contribution in [0.4, 0.5) is 0 Å². The summed E-state index contributed by atoms with van der Waals surface area (Å²) in [6.45, 7) is 1.95. The summed E-state index contributed by atoms with van der Waals surface area (Å²) in [6.07, 6.45) is 1.42. The summed E-state index contributed by atoms with van der Waals surface area (Å²) in [6, 6.07) is 6.92. The van der Waals surface area contributed by atoms with Crippen molar-refractivity contribution in [1.82, 2.24) is 9.97 Å². The predicted octanol–water partition coefficient (Wildman–Crippen LogP) is 2.16. The van der Waals surface area contributed by atoms with Crippen molar-refractivity contribution in [3.63, 3.8) is 0 Å². The first kappa shape index (κ1) is 12.0. The second-order valence-corrected chi connectivity index (χ2v) is 3.77. The molecule has 1 N–H and O–H groups in total. The molecule has 0 unspecified atom stereocenters. The van der Waals surface area contributed by atoms with Gasteiger partial charge >= 0.3 is 5.97 Å². The van der Waals surface area contributed by atoms with Crippen LogP contribution in [-0.2, 0) is 0 Å². The van der Waals surface area contributed by atoms with E-state index in [-0.39, 0.29) is 5.69 Å². The van der Waals surface area contributed by atoms with Crippen LogP contribution in [0.2, 0.25) is 0 Å². The lowest BCUT2D eigenvalue weighted by Crippen LogP contribution is -2.03. The van der Waals surface area contributed by atoms with Crippen LogP contribution in [0.15, 0.2) is 30.5 Å². The standard InChI is InChI=1S/C13H12N2O3/c1-8-3-4-9(11(7-8)18-2)12-14-6-5-10(15-12)13(16)17/h3-7H,1-2H3,(H,16,17). The average Bonchev–Trinajstić information content (AvgIpc) is 2.38. The van der Waals surface area contributed by atoms with E-state index in [0.29, 0.717) is 17.1 Å². The Bertz CT molecular complexity index is 597. The fourth-order valence-corrected chi connectivity index (χ4v) is 1.59. The van der Waals surface area contributed by atoms with Gasteiger partial charge in [-0.05, 0) is 30.7 Å². The predicted molar refractivity (Wildman–Crippen MR) is 65.7 cm³/mol. The molecule has 0 bridgehead atoms. The molecule has 1 aromatic heterocycles. The van der Waals surface area contributed by atoms with E-state index in [1.807, 2.05) is 25.1 Å². The summed E-state index contributed by atoms with van der Waals surface area (Å²) in [5.41, 5.74) is 1.68. The number of rotatable bonds is 3. The molecule has 0 saturated heterocycles. The molecular weight excluding hydrogens is 232 g/mol. The van der Waals surface area contributed by atoms with Crippen LogP contribution in [-0.4, -0.2) is 28.2 Å². The maximum absolute atomic E-state index is 10.9. The molecule has 0 aliphatic rings. The highest BCUT2D eigenvalue weighted by atomic mass is 16.5. The molecule has 0 aliphatic carbocycles. The summed E-state index contributed by atoms with van der Waals surface area (Å²) in [4.78, 5) is 18.9. The Morgan fingerprint density at radius 2 is 2.11 bits per heavy atom. The van der Waals surface area contributed by atoms with E-state index in [9.17, 15) is 4.79 Å². The second kappa shape index (κ2) is 4.83. The third-order valence-corrected chi connectivity index (χ3v) is 2.47. The number of hydrogen-bond acceptors (Lipinski definition) is 4. The molecular formula is C13H12N2O3. The Balaban J connectivity index is 2.54. The Morgan fingerprint density at radius 1 is 1.33 bits per heavy atom. The van der Waals surface area contributed by atoms with Crippen LogP contribution >= 0.6 is 0 Å². The second-order valence-electron chi connectivity index (χ2n) is 3.77. The van der Waals surface area contributed by atoms with Crippen LogP contribution in [0.3, 0.4) is 0 Å². The van der Waals surface area contributed by atoms with Crippen molar-refractivity contribution in [1.29, 1.82) is 0 Å². The molecule has 5 heteroatoms. The molecule has 5 nitrogen and oxygen atoms in total. The van der Waals surface area contributed by atoms with Gasteiger partial charge in [-0.3, -0.25) is 0 Å². The highest BCUT2D eigenvalue weighted by molar-refractivity contribution is 5.85. The van der Waals surface area contributed by atoms with Gasteiger partial charge in [0.1, 0.15) is 5.75 Å². The van der Waals surface area contributed by atoms with E-state index < -0.39 is 5.97 Å². The number of carboxylic acids is 1. The molecule has 0 radical (unpaired) electrons. The summed E-state index contributed by atoms with van der Waals surface area (Å²) < 4.78 is 5.25. The van der Waals surface area contributed by atoms with E-state index in [1.165, 1.54) is 12.3 Å². The molecule has 1 aromatic carbocycles. The van der Waals surface area contributed by atoms with Crippen molar-refractivity contribution in [2.45, 2.75) is 6.92 Å². The van der Waals surface area contributed by atoms with Gasteiger partial charge in [0.2, 0.25) is 0 Å². The fraction of sp³-hybridized carbons (Fsp3) is 0.154. The Hall–Kier alpha value is -2.43. The number of nitrogens with zero attached hydrogens (tertiary/aromatic N) is 2. The number of aromatic carboxylic acids is 1. The molecule has 0 saturated carbocycles. The summed E-state index contributed by atoms with van der Waals surface area (Å²) in [7, 11) is 1.55. The summed E-state index contributed by atoms with van der Waals surface area (Å²) >= 11 is 0. The Morgan fingerprint density at radius 3 is 2.78 bits per heavy atom. The lowest BCUT2D eigenvalue weighted by molar-refractivity contribution is 0.0690. The van der Waals surface area contributed by atoms with Gasteiger partial charge in [-0.1, -0.05) is 6.07 Å². The van der Waals surface area contributed by atoms with Gasteiger partial charge in [0, 0.05) is 6.20 Å². The number of carboxylic acid groups (broad SMARTS) is 1. The molecule has 0 amide bonds. The van der Waals surface area contributed by atoms with Crippen LogP contribution in [0.25, 0.3) is 11.4 Å². The van der Waals surface area contributed by atoms with Gasteiger partial charge in [0.15, 0.2) is 11.5 Å². The lowest BCUT2D eigenvalue weighted by atomic mass is 10.1. The van der Waals surface area contributed by atoms with Crippen molar-refractivity contribution in [3.8, 4) is 17.1 Å². The topological polar surface area (TPSA) is 72.3 Å². The monoisotopic (exact) mass is 244 g/mol. The molecule has 92 valence electrons. The van der Waals surface area contributed by atoms with E-state index >= 15 is 0 Å². The van der Waals surface area contributed by atoms with Gasteiger partial charge in [-0.25, -0.2) is 14.8 Å². The van der Waals surface area contributed by atoms with Crippen molar-refractivity contribution in [2.24, 2.45) is 0 Å². The minimum Gasteiger partial charge on any atom is -0.496 e. The minimum atomic E-state index is -1.08. The Kier molecular flexibility index (Phi) is 3.23.